The molecule has 0 bridgehead atoms. The predicted molar refractivity (Wildman–Crippen MR) is 92.7 cm³/mol. The molecule has 5 nitrogen and oxygen atoms in total. The van der Waals surface area contributed by atoms with Crippen LogP contribution in [0.15, 0.2) is 28.7 Å². The molecule has 0 saturated heterocycles. The minimum atomic E-state index is -0.949. The number of carboxylic acid groups (broad SMARTS) is 1. The monoisotopic (exact) mass is 397 g/mol. The van der Waals surface area contributed by atoms with Gasteiger partial charge in [0.15, 0.2) is 5.75 Å². The van der Waals surface area contributed by atoms with Crippen LogP contribution in [-0.4, -0.2) is 30.6 Å². The zero-order chi connectivity index (χ0) is 17.0. The normalized spacial score (nSPS) is 10.4. The molecule has 0 fully saturated rings. The van der Waals surface area contributed by atoms with E-state index >= 15 is 0 Å². The highest BCUT2D eigenvalue weighted by atomic mass is 79.9. The van der Waals surface area contributed by atoms with Crippen LogP contribution < -0.4 is 10.1 Å². The number of methoxy groups -OCH3 is 1. The molecule has 0 unspecified atom stereocenters. The average Bonchev–Trinajstić information content (AvgIpc) is 2.82. The number of thiophene rings is 1. The third-order valence-electron chi connectivity index (χ3n) is 3.28. The summed E-state index contributed by atoms with van der Waals surface area (Å²) in [6.07, 6.45) is 0.624. The number of benzene rings is 1. The van der Waals surface area contributed by atoms with Crippen molar-refractivity contribution in [1.82, 2.24) is 5.32 Å². The second kappa shape index (κ2) is 7.61. The zero-order valence-electron chi connectivity index (χ0n) is 12.7. The van der Waals surface area contributed by atoms with Gasteiger partial charge in [-0.1, -0.05) is 12.1 Å². The van der Waals surface area contributed by atoms with Gasteiger partial charge in [0, 0.05) is 11.4 Å². The summed E-state index contributed by atoms with van der Waals surface area (Å²) >= 11 is 4.79. The van der Waals surface area contributed by atoms with Gasteiger partial charge < -0.3 is 15.2 Å². The van der Waals surface area contributed by atoms with E-state index in [1.54, 1.807) is 24.3 Å². The maximum Gasteiger partial charge on any atom is 0.335 e. The number of aromatic carboxylic acids is 1. The number of carbonyl (C=O) groups excluding carboxylic acids is 1. The Kier molecular flexibility index (Phi) is 5.79. The summed E-state index contributed by atoms with van der Waals surface area (Å²) in [6.45, 7) is 2.38. The Morgan fingerprint density at radius 2 is 1.96 bits per heavy atom. The molecule has 1 aromatic heterocycles. The van der Waals surface area contributed by atoms with Gasteiger partial charge in [-0.2, -0.15) is 0 Å². The molecule has 23 heavy (non-hydrogen) atoms. The highest BCUT2D eigenvalue weighted by Gasteiger charge is 2.20. The summed E-state index contributed by atoms with van der Waals surface area (Å²) in [5.41, 5.74) is 1.22. The van der Waals surface area contributed by atoms with Crippen LogP contribution in [0.25, 0.3) is 0 Å². The van der Waals surface area contributed by atoms with E-state index in [-0.39, 0.29) is 11.5 Å². The first-order valence-electron chi connectivity index (χ1n) is 6.87. The summed E-state index contributed by atoms with van der Waals surface area (Å²) in [4.78, 5) is 24.6. The maximum atomic E-state index is 12.2. The summed E-state index contributed by atoms with van der Waals surface area (Å²) in [5, 5.41) is 11.7. The minimum Gasteiger partial charge on any atom is -0.494 e. The van der Waals surface area contributed by atoms with E-state index in [1.807, 2.05) is 6.92 Å². The van der Waals surface area contributed by atoms with Crippen molar-refractivity contribution in [3.8, 4) is 5.75 Å². The summed E-state index contributed by atoms with van der Waals surface area (Å²) < 4.78 is 6.07. The Labute approximate surface area is 146 Å². The van der Waals surface area contributed by atoms with Crippen LogP contribution in [-0.2, 0) is 6.42 Å². The van der Waals surface area contributed by atoms with Crippen molar-refractivity contribution >= 4 is 39.1 Å². The van der Waals surface area contributed by atoms with E-state index < -0.39 is 5.97 Å². The highest BCUT2D eigenvalue weighted by molar-refractivity contribution is 9.10. The third-order valence-corrected chi connectivity index (χ3v) is 5.58. The lowest BCUT2D eigenvalue weighted by molar-refractivity contribution is 0.0696. The van der Waals surface area contributed by atoms with E-state index in [4.69, 9.17) is 9.84 Å². The molecule has 0 aliphatic rings. The molecule has 0 spiro atoms. The summed E-state index contributed by atoms with van der Waals surface area (Å²) in [5.74, 6) is -0.575. The van der Waals surface area contributed by atoms with E-state index in [9.17, 15) is 9.59 Å². The number of ether oxygens (including phenoxy) is 1. The first kappa shape index (κ1) is 17.5. The molecule has 0 radical (unpaired) electrons. The number of aryl methyl sites for hydroxylation is 1. The van der Waals surface area contributed by atoms with E-state index in [1.165, 1.54) is 18.4 Å². The topological polar surface area (TPSA) is 75.6 Å². The summed E-state index contributed by atoms with van der Waals surface area (Å²) in [6, 6.07) is 6.62. The molecule has 0 aliphatic carbocycles. The molecule has 2 N–H and O–H groups in total. The smallest absolute Gasteiger partial charge is 0.335 e. The van der Waals surface area contributed by atoms with Crippen LogP contribution in [0.3, 0.4) is 0 Å². The fraction of sp³-hybridized carbons (Fsp3) is 0.250. The van der Waals surface area contributed by atoms with Crippen LogP contribution >= 0.6 is 27.3 Å². The van der Waals surface area contributed by atoms with Crippen molar-refractivity contribution in [3.05, 3.63) is 49.6 Å². The van der Waals surface area contributed by atoms with Crippen molar-refractivity contribution in [2.24, 2.45) is 0 Å². The molecule has 2 aromatic rings. The van der Waals surface area contributed by atoms with Crippen LogP contribution in [0.1, 0.15) is 30.5 Å². The zero-order valence-corrected chi connectivity index (χ0v) is 15.1. The van der Waals surface area contributed by atoms with Gasteiger partial charge in [0.2, 0.25) is 0 Å². The minimum absolute atomic E-state index is 0.178. The molecule has 0 saturated carbocycles. The van der Waals surface area contributed by atoms with Gasteiger partial charge >= 0.3 is 5.97 Å². The Bertz CT molecular complexity index is 724. The number of carbonyl (C=O) groups is 2. The van der Waals surface area contributed by atoms with E-state index in [2.05, 4.69) is 21.2 Å². The molecule has 0 atom stereocenters. The lowest BCUT2D eigenvalue weighted by Crippen LogP contribution is -2.25. The number of hydrogen-bond acceptors (Lipinski definition) is 4. The Morgan fingerprint density at radius 1 is 1.30 bits per heavy atom. The molecular formula is C16H16BrNO4S. The molecule has 1 aromatic carbocycles. The van der Waals surface area contributed by atoms with Crippen molar-refractivity contribution in [3.63, 3.8) is 0 Å². The number of nitrogens with one attached hydrogen (secondary N) is 1. The van der Waals surface area contributed by atoms with Crippen molar-refractivity contribution in [1.29, 1.82) is 0 Å². The molecule has 2 rings (SSSR count). The first-order valence-corrected chi connectivity index (χ1v) is 8.48. The van der Waals surface area contributed by atoms with Crippen LogP contribution in [0.4, 0.5) is 0 Å². The standard InChI is InChI=1S/C16H16BrNO4S/c1-9-12(17)13(22-2)14(23-9)15(19)18-8-7-10-3-5-11(6-4-10)16(20)21/h3-6H,7-8H2,1-2H3,(H,18,19)(H,20,21). The fourth-order valence-electron chi connectivity index (χ4n) is 2.05. The van der Waals surface area contributed by atoms with E-state index in [0.29, 0.717) is 23.6 Å². The maximum absolute atomic E-state index is 12.2. The van der Waals surface area contributed by atoms with Gasteiger partial charge in [-0.05, 0) is 47.0 Å². The number of rotatable bonds is 6. The molecule has 0 aliphatic heterocycles. The number of amides is 1. The van der Waals surface area contributed by atoms with Gasteiger partial charge in [0.05, 0.1) is 17.1 Å². The van der Waals surface area contributed by atoms with Gasteiger partial charge in [0.25, 0.3) is 5.91 Å². The second-order valence-electron chi connectivity index (χ2n) is 4.84. The van der Waals surface area contributed by atoms with Crippen molar-refractivity contribution in [2.45, 2.75) is 13.3 Å². The summed E-state index contributed by atoms with van der Waals surface area (Å²) in [7, 11) is 1.53. The van der Waals surface area contributed by atoms with Crippen LogP contribution in [0.5, 0.6) is 5.75 Å². The van der Waals surface area contributed by atoms with E-state index in [0.717, 1.165) is 14.9 Å². The van der Waals surface area contributed by atoms with Gasteiger partial charge in [-0.25, -0.2) is 4.79 Å². The number of halogens is 1. The Morgan fingerprint density at radius 3 is 2.52 bits per heavy atom. The van der Waals surface area contributed by atoms with Crippen LogP contribution in [0.2, 0.25) is 0 Å². The van der Waals surface area contributed by atoms with Gasteiger partial charge in [-0.15, -0.1) is 11.3 Å². The van der Waals surface area contributed by atoms with Gasteiger partial charge in [0.1, 0.15) is 4.88 Å². The molecule has 122 valence electrons. The fourth-order valence-corrected chi connectivity index (χ4v) is 3.72. The number of hydrogen-bond donors (Lipinski definition) is 2. The molecular weight excluding hydrogens is 382 g/mol. The molecule has 1 amide bonds. The molecule has 1 heterocycles. The quantitative estimate of drug-likeness (QED) is 0.781. The first-order chi connectivity index (χ1) is 10.9. The Hall–Kier alpha value is -1.86. The Balaban J connectivity index is 1.95. The second-order valence-corrected chi connectivity index (χ2v) is 6.86. The SMILES string of the molecule is COc1c(C(=O)NCCc2ccc(C(=O)O)cc2)sc(C)c1Br. The average molecular weight is 398 g/mol. The third kappa shape index (κ3) is 4.11. The van der Waals surface area contributed by atoms with Gasteiger partial charge in [-0.3, -0.25) is 4.79 Å². The number of carboxylic acids is 1. The van der Waals surface area contributed by atoms with Crippen LogP contribution in [0, 0.1) is 6.92 Å². The lowest BCUT2D eigenvalue weighted by atomic mass is 10.1. The van der Waals surface area contributed by atoms with Crippen molar-refractivity contribution in [2.75, 3.05) is 13.7 Å². The largest absolute Gasteiger partial charge is 0.494 e. The highest BCUT2D eigenvalue weighted by Crippen LogP contribution is 2.38. The molecule has 7 heteroatoms. The van der Waals surface area contributed by atoms with Crippen molar-refractivity contribution < 1.29 is 19.4 Å². The predicted octanol–water partition coefficient (Wildman–Crippen LogP) is 3.50. The lowest BCUT2D eigenvalue weighted by Gasteiger charge is -2.06.